The van der Waals surface area contributed by atoms with Crippen LogP contribution >= 0.6 is 54.5 Å². The third kappa shape index (κ3) is 3.26. The fraction of sp³-hybridized carbons (Fsp3) is 0.111. The minimum absolute atomic E-state index is 0.140. The van der Waals surface area contributed by atoms with E-state index in [0.29, 0.717) is 22.3 Å². The van der Waals surface area contributed by atoms with E-state index >= 15 is 0 Å². The second-order valence-electron chi connectivity index (χ2n) is 5.57. The lowest BCUT2D eigenvalue weighted by Crippen LogP contribution is -2.12. The largest absolute Gasteiger partial charge is 0.478 e. The average molecular weight is 516 g/mol. The van der Waals surface area contributed by atoms with E-state index in [9.17, 15) is 19.8 Å². The molecule has 26 heavy (non-hydrogen) atoms. The Bertz CT molecular complexity index is 966. The first-order chi connectivity index (χ1) is 12.2. The Balaban J connectivity index is 2.49. The summed E-state index contributed by atoms with van der Waals surface area (Å²) in [5.41, 5.74) is 2.11. The number of aromatic carboxylic acids is 2. The fourth-order valence-corrected chi connectivity index (χ4v) is 6.04. The van der Waals surface area contributed by atoms with Crippen LogP contribution in [0, 0.1) is 13.8 Å². The van der Waals surface area contributed by atoms with Gasteiger partial charge in [0, 0.05) is 20.9 Å². The van der Waals surface area contributed by atoms with Crippen molar-refractivity contribution in [2.24, 2.45) is 0 Å². The van der Waals surface area contributed by atoms with Gasteiger partial charge >= 0.3 is 11.9 Å². The van der Waals surface area contributed by atoms with Crippen LogP contribution in [-0.4, -0.2) is 22.2 Å². The first kappa shape index (κ1) is 19.3. The minimum Gasteiger partial charge on any atom is -0.478 e. The predicted octanol–water partition coefficient (Wildman–Crippen LogP) is 6.68. The monoisotopic (exact) mass is 514 g/mol. The number of benzene rings is 1. The molecule has 0 spiro atoms. The summed E-state index contributed by atoms with van der Waals surface area (Å²) in [6, 6.07) is 7.25. The lowest BCUT2D eigenvalue weighted by atomic mass is 9.86. The molecule has 0 radical (unpaired) electrons. The molecule has 0 atom stereocenters. The summed E-state index contributed by atoms with van der Waals surface area (Å²) in [7, 11) is 0. The van der Waals surface area contributed by atoms with E-state index in [0.717, 1.165) is 17.3 Å². The van der Waals surface area contributed by atoms with Gasteiger partial charge in [-0.05, 0) is 81.1 Å². The molecule has 0 bridgehead atoms. The van der Waals surface area contributed by atoms with Crippen molar-refractivity contribution in [1.82, 2.24) is 0 Å². The SMILES string of the molecule is Cc1c(C(=O)O)c(-c2ccc(Br)s2)c(C)c(C(=O)O)c1-c1ccc(Br)s1. The molecule has 0 fully saturated rings. The van der Waals surface area contributed by atoms with E-state index in [-0.39, 0.29) is 11.1 Å². The molecule has 4 nitrogen and oxygen atoms in total. The lowest BCUT2D eigenvalue weighted by molar-refractivity contribution is 0.0681. The Morgan fingerprint density at radius 1 is 0.769 bits per heavy atom. The van der Waals surface area contributed by atoms with Crippen molar-refractivity contribution in [1.29, 1.82) is 0 Å². The molecule has 0 aliphatic heterocycles. The summed E-state index contributed by atoms with van der Waals surface area (Å²) in [6.07, 6.45) is 0. The summed E-state index contributed by atoms with van der Waals surface area (Å²) in [6.45, 7) is 3.34. The van der Waals surface area contributed by atoms with E-state index < -0.39 is 11.9 Å². The van der Waals surface area contributed by atoms with E-state index in [1.54, 1.807) is 26.0 Å². The molecule has 2 N–H and O–H groups in total. The van der Waals surface area contributed by atoms with Crippen LogP contribution in [0.4, 0.5) is 0 Å². The summed E-state index contributed by atoms with van der Waals surface area (Å²) >= 11 is 9.53. The summed E-state index contributed by atoms with van der Waals surface area (Å²) < 4.78 is 1.70. The zero-order valence-electron chi connectivity index (χ0n) is 13.6. The zero-order valence-corrected chi connectivity index (χ0v) is 18.4. The van der Waals surface area contributed by atoms with Crippen molar-refractivity contribution in [2.75, 3.05) is 0 Å². The van der Waals surface area contributed by atoms with Crippen molar-refractivity contribution in [3.63, 3.8) is 0 Å². The molecule has 2 aromatic heterocycles. The van der Waals surface area contributed by atoms with Crippen LogP contribution < -0.4 is 0 Å². The van der Waals surface area contributed by atoms with Gasteiger partial charge in [0.1, 0.15) is 0 Å². The van der Waals surface area contributed by atoms with Crippen LogP contribution in [0.15, 0.2) is 31.8 Å². The normalized spacial score (nSPS) is 10.9. The third-order valence-corrected chi connectivity index (χ3v) is 7.35. The van der Waals surface area contributed by atoms with Crippen molar-refractivity contribution in [3.8, 4) is 20.9 Å². The maximum atomic E-state index is 12.1. The number of hydrogen-bond acceptors (Lipinski definition) is 4. The van der Waals surface area contributed by atoms with Crippen LogP contribution in [0.25, 0.3) is 20.9 Å². The second-order valence-corrected chi connectivity index (χ2v) is 10.5. The topological polar surface area (TPSA) is 74.6 Å². The number of halogens is 2. The Kier molecular flexibility index (Phi) is 5.39. The first-order valence-corrected chi connectivity index (χ1v) is 10.6. The maximum Gasteiger partial charge on any atom is 0.336 e. The highest BCUT2D eigenvalue weighted by molar-refractivity contribution is 9.11. The number of carboxylic acid groups (broad SMARTS) is 2. The van der Waals surface area contributed by atoms with Crippen LogP contribution in [0.2, 0.25) is 0 Å². The van der Waals surface area contributed by atoms with Gasteiger partial charge in [0.2, 0.25) is 0 Å². The lowest BCUT2D eigenvalue weighted by Gasteiger charge is -2.19. The van der Waals surface area contributed by atoms with Crippen molar-refractivity contribution in [2.45, 2.75) is 13.8 Å². The number of thiophene rings is 2. The molecule has 0 unspecified atom stereocenters. The van der Waals surface area contributed by atoms with Gasteiger partial charge in [-0.1, -0.05) is 0 Å². The number of rotatable bonds is 4. The maximum absolute atomic E-state index is 12.1. The van der Waals surface area contributed by atoms with Gasteiger partial charge in [-0.15, -0.1) is 22.7 Å². The standard InChI is InChI=1S/C18H12Br2O4S2/c1-7-13(9-3-5-11(19)25-9)16(18(23)24)8(2)14(15(7)17(21)22)10-4-6-12(20)26-10/h3-6H,1-2H3,(H,21,22)(H,23,24). The molecule has 134 valence electrons. The van der Waals surface area contributed by atoms with Gasteiger partial charge in [0.15, 0.2) is 0 Å². The summed E-state index contributed by atoms with van der Waals surface area (Å²) in [4.78, 5) is 25.6. The molecule has 0 aliphatic carbocycles. The molecular formula is C18H12Br2O4S2. The van der Waals surface area contributed by atoms with Crippen molar-refractivity contribution in [3.05, 3.63) is 54.1 Å². The van der Waals surface area contributed by atoms with Crippen LogP contribution in [-0.2, 0) is 0 Å². The molecule has 3 rings (SSSR count). The average Bonchev–Trinajstić information content (AvgIpc) is 3.16. The van der Waals surface area contributed by atoms with E-state index in [1.165, 1.54) is 22.7 Å². The molecule has 3 aromatic rings. The van der Waals surface area contributed by atoms with Crippen LogP contribution in [0.3, 0.4) is 0 Å². The van der Waals surface area contributed by atoms with E-state index in [4.69, 9.17) is 0 Å². The van der Waals surface area contributed by atoms with Gasteiger partial charge in [0.05, 0.1) is 18.7 Å². The van der Waals surface area contributed by atoms with Gasteiger partial charge < -0.3 is 10.2 Å². The third-order valence-electron chi connectivity index (χ3n) is 4.07. The second kappa shape index (κ2) is 7.26. The van der Waals surface area contributed by atoms with Crippen molar-refractivity contribution < 1.29 is 19.8 Å². The molecule has 8 heteroatoms. The van der Waals surface area contributed by atoms with E-state index in [1.807, 2.05) is 12.1 Å². The highest BCUT2D eigenvalue weighted by Crippen LogP contribution is 2.44. The first-order valence-electron chi connectivity index (χ1n) is 7.37. The Morgan fingerprint density at radius 3 is 1.35 bits per heavy atom. The number of carboxylic acids is 2. The molecule has 2 heterocycles. The number of hydrogen-bond donors (Lipinski definition) is 2. The molecule has 0 aliphatic rings. The Labute approximate surface area is 174 Å². The Hall–Kier alpha value is -1.48. The van der Waals surface area contributed by atoms with Gasteiger partial charge in [-0.2, -0.15) is 0 Å². The van der Waals surface area contributed by atoms with Gasteiger partial charge in [-0.3, -0.25) is 0 Å². The molecule has 0 amide bonds. The fourth-order valence-electron chi connectivity index (χ4n) is 3.05. The van der Waals surface area contributed by atoms with Gasteiger partial charge in [0.25, 0.3) is 0 Å². The van der Waals surface area contributed by atoms with Crippen molar-refractivity contribution >= 4 is 66.5 Å². The zero-order chi connectivity index (χ0) is 19.2. The summed E-state index contributed by atoms with van der Waals surface area (Å²) in [5.74, 6) is -2.14. The van der Waals surface area contributed by atoms with Gasteiger partial charge in [-0.25, -0.2) is 9.59 Å². The van der Waals surface area contributed by atoms with Crippen LogP contribution in [0.5, 0.6) is 0 Å². The molecule has 0 saturated carbocycles. The number of carbonyl (C=O) groups is 2. The molecule has 0 saturated heterocycles. The Morgan fingerprint density at radius 2 is 1.12 bits per heavy atom. The molecular weight excluding hydrogens is 504 g/mol. The minimum atomic E-state index is -1.07. The summed E-state index contributed by atoms with van der Waals surface area (Å²) in [5, 5.41) is 19.8. The molecule has 1 aromatic carbocycles. The van der Waals surface area contributed by atoms with E-state index in [2.05, 4.69) is 31.9 Å². The highest BCUT2D eigenvalue weighted by Gasteiger charge is 2.29. The van der Waals surface area contributed by atoms with Crippen LogP contribution in [0.1, 0.15) is 31.8 Å². The smallest absolute Gasteiger partial charge is 0.336 e. The highest BCUT2D eigenvalue weighted by atomic mass is 79.9. The predicted molar refractivity (Wildman–Crippen MR) is 112 cm³/mol. The quantitative estimate of drug-likeness (QED) is 0.406.